The summed E-state index contributed by atoms with van der Waals surface area (Å²) in [6, 6.07) is 11.0. The fourth-order valence-electron chi connectivity index (χ4n) is 1.59. The summed E-state index contributed by atoms with van der Waals surface area (Å²) < 4.78 is 13.5. The number of halogens is 1. The summed E-state index contributed by atoms with van der Waals surface area (Å²) in [5.41, 5.74) is 7.47. The maximum atomic E-state index is 13.5. The van der Waals surface area contributed by atoms with Crippen LogP contribution in [0.1, 0.15) is 5.56 Å². The zero-order chi connectivity index (χ0) is 13.8. The van der Waals surface area contributed by atoms with Gasteiger partial charge in [0, 0.05) is 5.69 Å². The molecule has 2 aromatic rings. The first-order valence-corrected chi connectivity index (χ1v) is 5.75. The molecule has 0 spiro atoms. The Hall–Kier alpha value is -2.56. The van der Waals surface area contributed by atoms with Crippen LogP contribution in [0.5, 0.6) is 0 Å². The van der Waals surface area contributed by atoms with Gasteiger partial charge in [0.1, 0.15) is 11.5 Å². The van der Waals surface area contributed by atoms with Gasteiger partial charge in [-0.1, -0.05) is 23.8 Å². The van der Waals surface area contributed by atoms with Crippen LogP contribution in [0.15, 0.2) is 42.5 Å². The predicted molar refractivity (Wildman–Crippen MR) is 74.6 cm³/mol. The summed E-state index contributed by atoms with van der Waals surface area (Å²) in [5.74, 6) is -0.570. The van der Waals surface area contributed by atoms with E-state index in [1.807, 2.05) is 19.1 Å². The number of nitrogen functional groups attached to an aromatic ring is 1. The lowest BCUT2D eigenvalue weighted by atomic mass is 10.2. The molecule has 0 aromatic heterocycles. The van der Waals surface area contributed by atoms with Gasteiger partial charge in [0.05, 0.1) is 5.69 Å². The van der Waals surface area contributed by atoms with Crippen LogP contribution in [0.25, 0.3) is 0 Å². The van der Waals surface area contributed by atoms with Gasteiger partial charge in [0.25, 0.3) is 0 Å². The Morgan fingerprint density at radius 3 is 2.42 bits per heavy atom. The van der Waals surface area contributed by atoms with Crippen molar-refractivity contribution in [1.29, 1.82) is 0 Å². The summed E-state index contributed by atoms with van der Waals surface area (Å²) in [4.78, 5) is 11.7. The van der Waals surface area contributed by atoms with Crippen LogP contribution in [0, 0.1) is 12.7 Å². The largest absolute Gasteiger partial charge is 0.397 e. The molecule has 0 atom stereocenters. The average Bonchev–Trinajstić information content (AvgIpc) is 2.37. The monoisotopic (exact) mass is 259 g/mol. The van der Waals surface area contributed by atoms with Crippen molar-refractivity contribution < 1.29 is 9.18 Å². The Kier molecular flexibility index (Phi) is 3.66. The highest BCUT2D eigenvalue weighted by Gasteiger charge is 2.09. The number of para-hydroxylation sites is 1. The van der Waals surface area contributed by atoms with E-state index >= 15 is 0 Å². The van der Waals surface area contributed by atoms with Gasteiger partial charge in [-0.2, -0.15) is 0 Å². The van der Waals surface area contributed by atoms with Crippen molar-refractivity contribution in [2.75, 3.05) is 16.4 Å². The Bertz CT molecular complexity index is 576. The van der Waals surface area contributed by atoms with Crippen LogP contribution in [0.3, 0.4) is 0 Å². The van der Waals surface area contributed by atoms with Gasteiger partial charge >= 0.3 is 6.03 Å². The van der Waals surface area contributed by atoms with E-state index in [9.17, 15) is 9.18 Å². The predicted octanol–water partition coefficient (Wildman–Crippen LogP) is 3.36. The number of hydrogen-bond donors (Lipinski definition) is 3. The molecule has 2 rings (SSSR count). The Balaban J connectivity index is 2.07. The number of carbonyl (C=O) groups is 1. The molecule has 0 saturated heterocycles. The number of nitrogens with one attached hydrogen (secondary N) is 2. The lowest BCUT2D eigenvalue weighted by molar-refractivity contribution is 0.262. The molecule has 0 fully saturated rings. The summed E-state index contributed by atoms with van der Waals surface area (Å²) in [6.07, 6.45) is 0. The van der Waals surface area contributed by atoms with E-state index in [4.69, 9.17) is 5.73 Å². The highest BCUT2D eigenvalue weighted by Crippen LogP contribution is 2.22. The van der Waals surface area contributed by atoms with Gasteiger partial charge in [0.15, 0.2) is 0 Å². The maximum Gasteiger partial charge on any atom is 0.323 e. The van der Waals surface area contributed by atoms with Crippen molar-refractivity contribution >= 4 is 23.1 Å². The van der Waals surface area contributed by atoms with Crippen molar-refractivity contribution in [2.24, 2.45) is 0 Å². The number of amides is 2. The van der Waals surface area contributed by atoms with Crippen LogP contribution < -0.4 is 16.4 Å². The molecule has 4 N–H and O–H groups in total. The van der Waals surface area contributed by atoms with Gasteiger partial charge in [-0.3, -0.25) is 0 Å². The standard InChI is InChI=1S/C14H14FN3O/c1-9-5-7-10(8-6-9)17-14(19)18-13-11(15)3-2-4-12(13)16/h2-8H,16H2,1H3,(H2,17,18,19). The van der Waals surface area contributed by atoms with E-state index in [2.05, 4.69) is 10.6 Å². The van der Waals surface area contributed by atoms with E-state index in [0.29, 0.717) is 5.69 Å². The topological polar surface area (TPSA) is 67.2 Å². The molecular formula is C14H14FN3O. The second-order valence-corrected chi connectivity index (χ2v) is 4.15. The zero-order valence-corrected chi connectivity index (χ0v) is 10.4. The normalized spacial score (nSPS) is 10.0. The third-order valence-electron chi connectivity index (χ3n) is 2.59. The highest BCUT2D eigenvalue weighted by atomic mass is 19.1. The lowest BCUT2D eigenvalue weighted by Gasteiger charge is -2.10. The maximum absolute atomic E-state index is 13.5. The summed E-state index contributed by atoms with van der Waals surface area (Å²) in [6.45, 7) is 1.95. The SMILES string of the molecule is Cc1ccc(NC(=O)Nc2c(N)cccc2F)cc1. The minimum atomic E-state index is -0.570. The van der Waals surface area contributed by atoms with Crippen LogP contribution in [0.2, 0.25) is 0 Å². The highest BCUT2D eigenvalue weighted by molar-refractivity contribution is 6.01. The summed E-state index contributed by atoms with van der Waals surface area (Å²) in [5, 5.41) is 4.99. The van der Waals surface area contributed by atoms with Gasteiger partial charge in [0.2, 0.25) is 0 Å². The molecular weight excluding hydrogens is 245 g/mol. The van der Waals surface area contributed by atoms with E-state index < -0.39 is 11.8 Å². The third-order valence-corrected chi connectivity index (χ3v) is 2.59. The number of aryl methyl sites for hydroxylation is 1. The number of urea groups is 1. The molecule has 0 saturated carbocycles. The Morgan fingerprint density at radius 2 is 1.79 bits per heavy atom. The molecule has 5 heteroatoms. The third kappa shape index (κ3) is 3.22. The molecule has 2 amide bonds. The van der Waals surface area contributed by atoms with E-state index in [-0.39, 0.29) is 11.4 Å². The zero-order valence-electron chi connectivity index (χ0n) is 10.4. The smallest absolute Gasteiger partial charge is 0.323 e. The quantitative estimate of drug-likeness (QED) is 0.724. The van der Waals surface area contributed by atoms with Crippen molar-refractivity contribution in [2.45, 2.75) is 6.92 Å². The van der Waals surface area contributed by atoms with E-state index in [0.717, 1.165) is 5.56 Å². The molecule has 19 heavy (non-hydrogen) atoms. The van der Waals surface area contributed by atoms with Crippen molar-refractivity contribution in [1.82, 2.24) is 0 Å². The molecule has 0 heterocycles. The van der Waals surface area contributed by atoms with E-state index in [1.54, 1.807) is 12.1 Å². The molecule has 4 nitrogen and oxygen atoms in total. The van der Waals surface area contributed by atoms with Crippen LogP contribution in [-0.2, 0) is 0 Å². The Labute approximate surface area is 110 Å². The van der Waals surface area contributed by atoms with Gasteiger partial charge in [-0.05, 0) is 31.2 Å². The minimum Gasteiger partial charge on any atom is -0.397 e. The fourth-order valence-corrected chi connectivity index (χ4v) is 1.59. The molecule has 0 unspecified atom stereocenters. The molecule has 2 aromatic carbocycles. The molecule has 0 aliphatic carbocycles. The summed E-state index contributed by atoms with van der Waals surface area (Å²) in [7, 11) is 0. The van der Waals surface area contributed by atoms with Gasteiger partial charge in [-0.25, -0.2) is 9.18 Å². The molecule has 0 aliphatic rings. The second-order valence-electron chi connectivity index (χ2n) is 4.15. The number of hydrogen-bond acceptors (Lipinski definition) is 2. The van der Waals surface area contributed by atoms with Crippen LogP contribution >= 0.6 is 0 Å². The van der Waals surface area contributed by atoms with Crippen molar-refractivity contribution in [3.63, 3.8) is 0 Å². The molecule has 0 bridgehead atoms. The molecule has 0 aliphatic heterocycles. The first kappa shape index (κ1) is 12.9. The second kappa shape index (κ2) is 5.39. The number of anilines is 3. The average molecular weight is 259 g/mol. The number of benzene rings is 2. The number of rotatable bonds is 2. The minimum absolute atomic E-state index is 0.0212. The van der Waals surface area contributed by atoms with Crippen molar-refractivity contribution in [3.8, 4) is 0 Å². The van der Waals surface area contributed by atoms with Gasteiger partial charge in [-0.15, -0.1) is 0 Å². The summed E-state index contributed by atoms with van der Waals surface area (Å²) >= 11 is 0. The molecule has 98 valence electrons. The van der Waals surface area contributed by atoms with E-state index in [1.165, 1.54) is 18.2 Å². The van der Waals surface area contributed by atoms with Crippen LogP contribution in [0.4, 0.5) is 26.2 Å². The number of carbonyl (C=O) groups excluding carboxylic acids is 1. The lowest BCUT2D eigenvalue weighted by Crippen LogP contribution is -2.20. The molecule has 0 radical (unpaired) electrons. The van der Waals surface area contributed by atoms with Gasteiger partial charge < -0.3 is 16.4 Å². The fraction of sp³-hybridized carbons (Fsp3) is 0.0714. The number of nitrogens with two attached hydrogens (primary N) is 1. The first-order valence-electron chi connectivity index (χ1n) is 5.75. The van der Waals surface area contributed by atoms with Crippen molar-refractivity contribution in [3.05, 3.63) is 53.8 Å². The van der Waals surface area contributed by atoms with Crippen LogP contribution in [-0.4, -0.2) is 6.03 Å². The Morgan fingerprint density at radius 1 is 1.11 bits per heavy atom. The first-order chi connectivity index (χ1) is 9.06.